The highest BCUT2D eigenvalue weighted by Crippen LogP contribution is 2.22. The van der Waals surface area contributed by atoms with E-state index in [0.29, 0.717) is 17.3 Å². The van der Waals surface area contributed by atoms with Gasteiger partial charge in [-0.2, -0.15) is 0 Å². The first-order valence-corrected chi connectivity index (χ1v) is 8.71. The van der Waals surface area contributed by atoms with Crippen LogP contribution in [0.1, 0.15) is 63.7 Å². The molecule has 1 fully saturated rings. The van der Waals surface area contributed by atoms with Crippen LogP contribution in [0.3, 0.4) is 0 Å². The van der Waals surface area contributed by atoms with Crippen molar-refractivity contribution in [1.29, 1.82) is 0 Å². The van der Waals surface area contributed by atoms with Crippen molar-refractivity contribution in [1.82, 2.24) is 4.90 Å². The molecule has 132 valence electrons. The number of amides is 2. The maximum Gasteiger partial charge on any atom is 0.412 e. The Balaban J connectivity index is 2.00. The molecule has 0 bridgehead atoms. The monoisotopic (exact) mass is 332 g/mol. The number of carbonyl (C=O) groups is 2. The minimum Gasteiger partial charge on any atom is -0.444 e. The lowest BCUT2D eigenvalue weighted by Crippen LogP contribution is -2.43. The van der Waals surface area contributed by atoms with Crippen molar-refractivity contribution in [2.75, 3.05) is 11.9 Å². The van der Waals surface area contributed by atoms with Gasteiger partial charge in [-0.1, -0.05) is 6.92 Å². The van der Waals surface area contributed by atoms with Crippen LogP contribution in [-0.4, -0.2) is 35.1 Å². The molecule has 1 aliphatic rings. The van der Waals surface area contributed by atoms with E-state index in [1.54, 1.807) is 24.3 Å². The molecule has 2 rings (SSSR count). The third-order valence-electron chi connectivity index (χ3n) is 4.14. The summed E-state index contributed by atoms with van der Waals surface area (Å²) in [5.41, 5.74) is 0.736. The Bertz CT molecular complexity index is 575. The van der Waals surface area contributed by atoms with E-state index in [4.69, 9.17) is 4.74 Å². The summed E-state index contributed by atoms with van der Waals surface area (Å²) in [6.07, 6.45) is 3.84. The van der Waals surface area contributed by atoms with Gasteiger partial charge < -0.3 is 9.64 Å². The number of likely N-dealkylation sites (tertiary alicyclic amines) is 1. The highest BCUT2D eigenvalue weighted by molar-refractivity contribution is 5.95. The number of ether oxygens (including phenoxy) is 1. The van der Waals surface area contributed by atoms with E-state index in [9.17, 15) is 9.59 Å². The quantitative estimate of drug-likeness (QED) is 0.890. The van der Waals surface area contributed by atoms with Crippen LogP contribution in [0.2, 0.25) is 0 Å². The predicted octanol–water partition coefficient (Wildman–Crippen LogP) is 4.44. The van der Waals surface area contributed by atoms with Crippen molar-refractivity contribution < 1.29 is 14.3 Å². The Morgan fingerprint density at radius 1 is 1.21 bits per heavy atom. The first-order valence-electron chi connectivity index (χ1n) is 8.71. The molecule has 0 radical (unpaired) electrons. The summed E-state index contributed by atoms with van der Waals surface area (Å²) < 4.78 is 5.22. The molecule has 1 heterocycles. The Morgan fingerprint density at radius 2 is 1.88 bits per heavy atom. The average molecular weight is 332 g/mol. The number of hydrogen-bond acceptors (Lipinski definition) is 3. The number of benzene rings is 1. The van der Waals surface area contributed by atoms with Gasteiger partial charge in [-0.05, 0) is 70.7 Å². The maximum absolute atomic E-state index is 12.7. The molecule has 0 unspecified atom stereocenters. The molecular weight excluding hydrogens is 304 g/mol. The number of nitrogens with one attached hydrogen (secondary N) is 1. The van der Waals surface area contributed by atoms with E-state index in [1.807, 2.05) is 25.7 Å². The summed E-state index contributed by atoms with van der Waals surface area (Å²) in [6.45, 7) is 8.41. The molecule has 0 spiro atoms. The van der Waals surface area contributed by atoms with Gasteiger partial charge in [0.05, 0.1) is 0 Å². The van der Waals surface area contributed by atoms with Crippen molar-refractivity contribution in [3.05, 3.63) is 29.8 Å². The summed E-state index contributed by atoms with van der Waals surface area (Å²) in [5.74, 6) is 0.0744. The molecule has 5 heteroatoms. The normalized spacial score (nSPS) is 18.2. The summed E-state index contributed by atoms with van der Waals surface area (Å²) in [7, 11) is 0. The van der Waals surface area contributed by atoms with Gasteiger partial charge in [-0.3, -0.25) is 10.1 Å². The Kier molecular flexibility index (Phi) is 5.86. The predicted molar refractivity (Wildman–Crippen MR) is 95.3 cm³/mol. The topological polar surface area (TPSA) is 58.6 Å². The second-order valence-corrected chi connectivity index (χ2v) is 7.26. The lowest BCUT2D eigenvalue weighted by molar-refractivity contribution is 0.0606. The number of hydrogen-bond donors (Lipinski definition) is 1. The highest BCUT2D eigenvalue weighted by Gasteiger charge is 2.26. The van der Waals surface area contributed by atoms with Crippen LogP contribution in [0.25, 0.3) is 0 Å². The first kappa shape index (κ1) is 18.3. The standard InChI is InChI=1S/C19H28N2O3/c1-5-16-8-6-7-13-21(16)17(22)14-9-11-15(12-10-14)20-18(23)24-19(2,3)4/h9-12,16H,5-8,13H2,1-4H3,(H,20,23)/t16-/m0/s1. The Hall–Kier alpha value is -2.04. The van der Waals surface area contributed by atoms with Crippen molar-refractivity contribution in [2.45, 2.75) is 65.0 Å². The van der Waals surface area contributed by atoms with Crippen molar-refractivity contribution in [3.63, 3.8) is 0 Å². The first-order chi connectivity index (χ1) is 11.3. The summed E-state index contributed by atoms with van der Waals surface area (Å²) >= 11 is 0. The van der Waals surface area contributed by atoms with Crippen LogP contribution in [0, 0.1) is 0 Å². The summed E-state index contributed by atoms with van der Waals surface area (Å²) in [5, 5.41) is 2.68. The fourth-order valence-electron chi connectivity index (χ4n) is 2.98. The SMILES string of the molecule is CC[C@H]1CCCCN1C(=O)c1ccc(NC(=O)OC(C)(C)C)cc1. The lowest BCUT2D eigenvalue weighted by Gasteiger charge is -2.35. The van der Waals surface area contributed by atoms with Gasteiger partial charge in [0, 0.05) is 23.8 Å². The fraction of sp³-hybridized carbons (Fsp3) is 0.579. The van der Waals surface area contributed by atoms with E-state index in [-0.39, 0.29) is 5.91 Å². The molecule has 1 atom stereocenters. The third-order valence-corrected chi connectivity index (χ3v) is 4.14. The van der Waals surface area contributed by atoms with E-state index in [1.165, 1.54) is 6.42 Å². The average Bonchev–Trinajstić information content (AvgIpc) is 2.53. The van der Waals surface area contributed by atoms with Crippen LogP contribution in [0.15, 0.2) is 24.3 Å². The van der Waals surface area contributed by atoms with Crippen molar-refractivity contribution in [2.24, 2.45) is 0 Å². The molecule has 1 aromatic rings. The summed E-state index contributed by atoms with van der Waals surface area (Å²) in [6, 6.07) is 7.34. The zero-order chi connectivity index (χ0) is 17.7. The van der Waals surface area contributed by atoms with Crippen LogP contribution in [0.5, 0.6) is 0 Å². The fourth-order valence-corrected chi connectivity index (χ4v) is 2.98. The van der Waals surface area contributed by atoms with Gasteiger partial charge in [0.1, 0.15) is 5.60 Å². The third kappa shape index (κ3) is 4.98. The Morgan fingerprint density at radius 3 is 2.46 bits per heavy atom. The molecule has 1 saturated heterocycles. The molecule has 0 aliphatic carbocycles. The van der Waals surface area contributed by atoms with Crippen molar-refractivity contribution >= 4 is 17.7 Å². The smallest absolute Gasteiger partial charge is 0.412 e. The number of carbonyl (C=O) groups excluding carboxylic acids is 2. The second kappa shape index (κ2) is 7.69. The zero-order valence-electron chi connectivity index (χ0n) is 15.1. The van der Waals surface area contributed by atoms with Crippen LogP contribution in [-0.2, 0) is 4.74 Å². The van der Waals surface area contributed by atoms with Crippen molar-refractivity contribution in [3.8, 4) is 0 Å². The van der Waals surface area contributed by atoms with Gasteiger partial charge in [0.2, 0.25) is 0 Å². The van der Waals surface area contributed by atoms with Crippen LogP contribution in [0.4, 0.5) is 10.5 Å². The molecule has 0 aromatic heterocycles. The zero-order valence-corrected chi connectivity index (χ0v) is 15.1. The van der Waals surface area contributed by atoms with E-state index >= 15 is 0 Å². The molecule has 1 aliphatic heterocycles. The number of anilines is 1. The highest BCUT2D eigenvalue weighted by atomic mass is 16.6. The maximum atomic E-state index is 12.7. The second-order valence-electron chi connectivity index (χ2n) is 7.26. The summed E-state index contributed by atoms with van der Waals surface area (Å²) in [4.78, 5) is 26.5. The van der Waals surface area contributed by atoms with Crippen LogP contribution >= 0.6 is 0 Å². The Labute approximate surface area is 144 Å². The molecule has 1 N–H and O–H groups in total. The number of rotatable bonds is 3. The largest absolute Gasteiger partial charge is 0.444 e. The number of piperidine rings is 1. The van der Waals surface area contributed by atoms with Gasteiger partial charge in [0.25, 0.3) is 5.91 Å². The van der Waals surface area contributed by atoms with Gasteiger partial charge >= 0.3 is 6.09 Å². The molecule has 2 amide bonds. The molecule has 24 heavy (non-hydrogen) atoms. The minimum absolute atomic E-state index is 0.0744. The number of nitrogens with zero attached hydrogens (tertiary/aromatic N) is 1. The molecular formula is C19H28N2O3. The van der Waals surface area contributed by atoms with Gasteiger partial charge in [0.15, 0.2) is 0 Å². The molecule has 0 saturated carbocycles. The van der Waals surface area contributed by atoms with E-state index in [2.05, 4.69) is 12.2 Å². The molecule has 1 aromatic carbocycles. The minimum atomic E-state index is -0.538. The van der Waals surface area contributed by atoms with Gasteiger partial charge in [-0.25, -0.2) is 4.79 Å². The van der Waals surface area contributed by atoms with Crippen LogP contribution < -0.4 is 5.32 Å². The van der Waals surface area contributed by atoms with E-state index in [0.717, 1.165) is 25.8 Å². The lowest BCUT2D eigenvalue weighted by atomic mass is 9.99. The molecule has 5 nitrogen and oxygen atoms in total. The van der Waals surface area contributed by atoms with E-state index < -0.39 is 11.7 Å². The van der Waals surface area contributed by atoms with Gasteiger partial charge in [-0.15, -0.1) is 0 Å².